The zero-order valence-electron chi connectivity index (χ0n) is 11.8. The molecule has 2 atom stereocenters. The maximum atomic E-state index is 10.9. The summed E-state index contributed by atoms with van der Waals surface area (Å²) in [6.45, 7) is 0. The molecule has 0 spiro atoms. The van der Waals surface area contributed by atoms with Crippen LogP contribution in [0.4, 0.5) is 0 Å². The van der Waals surface area contributed by atoms with Crippen molar-refractivity contribution in [3.05, 3.63) is 70.8 Å². The summed E-state index contributed by atoms with van der Waals surface area (Å²) in [7, 11) is 4.14. The zero-order valence-corrected chi connectivity index (χ0v) is 11.8. The number of likely N-dealkylation sites (N-methyl/N-ethyl adjacent to an activating group) is 1. The van der Waals surface area contributed by atoms with E-state index in [-0.39, 0.29) is 24.0 Å². The average Bonchev–Trinajstić information content (AvgIpc) is 2.47. The molecule has 2 bridgehead atoms. The summed E-state index contributed by atoms with van der Waals surface area (Å²) in [6, 6.07) is 17.4. The Bertz CT molecular complexity index is 616. The van der Waals surface area contributed by atoms with Crippen molar-refractivity contribution in [1.29, 1.82) is 0 Å². The van der Waals surface area contributed by atoms with Crippen LogP contribution >= 0.6 is 0 Å². The van der Waals surface area contributed by atoms with Gasteiger partial charge in [0.25, 0.3) is 0 Å². The van der Waals surface area contributed by atoms with Crippen LogP contribution in [0.25, 0.3) is 0 Å². The molecule has 1 N–H and O–H groups in total. The Labute approximate surface area is 119 Å². The number of hydrogen-bond donors (Lipinski definition) is 1. The number of fused-ring (bicyclic) bond motifs is 1. The molecule has 0 amide bonds. The molecule has 0 aromatic heterocycles. The molecule has 20 heavy (non-hydrogen) atoms. The lowest BCUT2D eigenvalue weighted by Crippen LogP contribution is -2.53. The van der Waals surface area contributed by atoms with Crippen LogP contribution in [0.5, 0.6) is 0 Å². The molecule has 3 aliphatic rings. The lowest BCUT2D eigenvalue weighted by atomic mass is 9.60. The zero-order chi connectivity index (χ0) is 13.9. The fourth-order valence-electron chi connectivity index (χ4n) is 4.22. The summed E-state index contributed by atoms with van der Waals surface area (Å²) in [5.74, 6) is 0.386. The van der Waals surface area contributed by atoms with Crippen LogP contribution in [0.15, 0.2) is 48.5 Å². The predicted molar refractivity (Wildman–Crippen MR) is 80.1 cm³/mol. The maximum Gasteiger partial charge on any atom is 0.0813 e. The van der Waals surface area contributed by atoms with Gasteiger partial charge in [-0.3, -0.25) is 0 Å². The third-order valence-corrected chi connectivity index (χ3v) is 4.96. The molecule has 0 saturated carbocycles. The molecule has 5 rings (SSSR count). The fraction of sp³-hybridized carbons (Fsp3) is 0.333. The number of aliphatic hydroxyl groups is 1. The molecular weight excluding hydrogens is 246 g/mol. The SMILES string of the molecule is CN(C)[C@@H]1C2c3ccccc3C(c3ccccc32)[C@@H]1O. The monoisotopic (exact) mass is 265 g/mol. The van der Waals surface area contributed by atoms with E-state index in [4.69, 9.17) is 0 Å². The predicted octanol–water partition coefficient (Wildman–Crippen LogP) is 2.57. The Kier molecular flexibility index (Phi) is 2.53. The Morgan fingerprint density at radius 2 is 1.15 bits per heavy atom. The van der Waals surface area contributed by atoms with Crippen molar-refractivity contribution in [3.8, 4) is 0 Å². The summed E-state index contributed by atoms with van der Waals surface area (Å²) >= 11 is 0. The van der Waals surface area contributed by atoms with Crippen LogP contribution in [-0.4, -0.2) is 36.2 Å². The molecule has 0 aliphatic heterocycles. The van der Waals surface area contributed by atoms with Crippen LogP contribution in [0, 0.1) is 0 Å². The number of nitrogens with zero attached hydrogens (tertiary/aromatic N) is 1. The van der Waals surface area contributed by atoms with Gasteiger partial charge in [-0.15, -0.1) is 0 Å². The first-order valence-electron chi connectivity index (χ1n) is 7.22. The van der Waals surface area contributed by atoms with Gasteiger partial charge < -0.3 is 10.0 Å². The third kappa shape index (κ3) is 1.41. The third-order valence-electron chi connectivity index (χ3n) is 4.96. The van der Waals surface area contributed by atoms with E-state index in [9.17, 15) is 5.11 Å². The highest BCUT2D eigenvalue weighted by Crippen LogP contribution is 2.53. The number of aliphatic hydroxyl groups excluding tert-OH is 1. The largest absolute Gasteiger partial charge is 0.390 e. The molecule has 2 aromatic rings. The average molecular weight is 265 g/mol. The Balaban J connectivity index is 2.02. The Hall–Kier alpha value is -1.64. The van der Waals surface area contributed by atoms with E-state index in [1.165, 1.54) is 22.3 Å². The number of rotatable bonds is 1. The molecule has 3 aliphatic carbocycles. The van der Waals surface area contributed by atoms with E-state index in [1.807, 2.05) is 0 Å². The van der Waals surface area contributed by atoms with Gasteiger partial charge in [-0.1, -0.05) is 48.5 Å². The van der Waals surface area contributed by atoms with Crippen molar-refractivity contribution in [2.45, 2.75) is 24.0 Å². The first-order valence-corrected chi connectivity index (χ1v) is 7.22. The van der Waals surface area contributed by atoms with Crippen molar-refractivity contribution in [2.75, 3.05) is 14.1 Å². The lowest BCUT2D eigenvalue weighted by Gasteiger charge is -2.50. The van der Waals surface area contributed by atoms with E-state index >= 15 is 0 Å². The van der Waals surface area contributed by atoms with Gasteiger partial charge in [0.1, 0.15) is 0 Å². The van der Waals surface area contributed by atoms with Crippen molar-refractivity contribution in [3.63, 3.8) is 0 Å². The summed E-state index contributed by atoms with van der Waals surface area (Å²) in [4.78, 5) is 2.17. The Morgan fingerprint density at radius 1 is 0.750 bits per heavy atom. The summed E-state index contributed by atoms with van der Waals surface area (Å²) < 4.78 is 0. The Morgan fingerprint density at radius 3 is 1.55 bits per heavy atom. The van der Waals surface area contributed by atoms with E-state index < -0.39 is 0 Å². The second-order valence-corrected chi connectivity index (χ2v) is 6.16. The molecule has 2 heteroatoms. The van der Waals surface area contributed by atoms with E-state index in [2.05, 4.69) is 67.5 Å². The van der Waals surface area contributed by atoms with Gasteiger partial charge in [-0.25, -0.2) is 0 Å². The highest BCUT2D eigenvalue weighted by Gasteiger charge is 2.49. The smallest absolute Gasteiger partial charge is 0.0813 e. The number of benzene rings is 2. The van der Waals surface area contributed by atoms with Gasteiger partial charge in [-0.2, -0.15) is 0 Å². The molecule has 2 nitrogen and oxygen atoms in total. The minimum Gasteiger partial charge on any atom is -0.390 e. The molecule has 0 unspecified atom stereocenters. The van der Waals surface area contributed by atoms with Crippen LogP contribution in [0.1, 0.15) is 34.1 Å². The second kappa shape index (κ2) is 4.18. The van der Waals surface area contributed by atoms with Crippen LogP contribution in [0.2, 0.25) is 0 Å². The summed E-state index contributed by atoms with van der Waals surface area (Å²) in [5.41, 5.74) is 5.39. The number of hydrogen-bond acceptors (Lipinski definition) is 2. The van der Waals surface area contributed by atoms with Gasteiger partial charge in [0, 0.05) is 17.9 Å². The van der Waals surface area contributed by atoms with Crippen LogP contribution < -0.4 is 0 Å². The molecule has 0 fully saturated rings. The molecule has 0 radical (unpaired) electrons. The molecule has 102 valence electrons. The summed E-state index contributed by atoms with van der Waals surface area (Å²) in [5, 5.41) is 10.9. The minimum absolute atomic E-state index is 0.111. The van der Waals surface area contributed by atoms with Gasteiger partial charge in [0.15, 0.2) is 0 Å². The molecule has 0 saturated heterocycles. The molecule has 2 aromatic carbocycles. The topological polar surface area (TPSA) is 23.5 Å². The van der Waals surface area contributed by atoms with E-state index in [0.717, 1.165) is 0 Å². The summed E-state index contributed by atoms with van der Waals surface area (Å²) in [6.07, 6.45) is -0.334. The van der Waals surface area contributed by atoms with Crippen molar-refractivity contribution in [1.82, 2.24) is 4.90 Å². The lowest BCUT2D eigenvalue weighted by molar-refractivity contribution is 0.0368. The molecular formula is C18H19NO. The second-order valence-electron chi connectivity index (χ2n) is 6.16. The normalized spacial score (nSPS) is 30.2. The van der Waals surface area contributed by atoms with Gasteiger partial charge in [0.05, 0.1) is 6.10 Å². The van der Waals surface area contributed by atoms with Gasteiger partial charge >= 0.3 is 0 Å². The van der Waals surface area contributed by atoms with Gasteiger partial charge in [-0.05, 0) is 36.3 Å². The van der Waals surface area contributed by atoms with Crippen LogP contribution in [-0.2, 0) is 0 Å². The van der Waals surface area contributed by atoms with Crippen molar-refractivity contribution < 1.29 is 5.11 Å². The maximum absolute atomic E-state index is 10.9. The molecule has 0 heterocycles. The first-order chi connectivity index (χ1) is 9.70. The van der Waals surface area contributed by atoms with Crippen molar-refractivity contribution >= 4 is 0 Å². The van der Waals surface area contributed by atoms with E-state index in [0.29, 0.717) is 0 Å². The minimum atomic E-state index is -0.334. The first kappa shape index (κ1) is 12.1. The fourth-order valence-corrected chi connectivity index (χ4v) is 4.22. The van der Waals surface area contributed by atoms with Crippen LogP contribution in [0.3, 0.4) is 0 Å². The standard InChI is InChI=1S/C18H19NO/c1-19(2)17-15-11-7-3-5-9-13(11)16(18(17)20)14-10-6-4-8-12(14)15/h3-10,15-18,20H,1-2H3/t15?,16?,17-,18+/m1/s1. The highest BCUT2D eigenvalue weighted by atomic mass is 16.3. The van der Waals surface area contributed by atoms with Gasteiger partial charge in [0.2, 0.25) is 0 Å². The van der Waals surface area contributed by atoms with E-state index in [1.54, 1.807) is 0 Å². The highest BCUT2D eigenvalue weighted by molar-refractivity contribution is 5.57. The van der Waals surface area contributed by atoms with Crippen molar-refractivity contribution in [2.24, 2.45) is 0 Å². The quantitative estimate of drug-likeness (QED) is 0.856.